The number of aromatic nitrogens is 2. The lowest BCUT2D eigenvalue weighted by molar-refractivity contribution is 0.0718. The van der Waals surface area contributed by atoms with Gasteiger partial charge >= 0.3 is 0 Å². The first-order valence-corrected chi connectivity index (χ1v) is 9.55. The molecule has 1 aliphatic heterocycles. The highest BCUT2D eigenvalue weighted by atomic mass is 16.5. The lowest BCUT2D eigenvalue weighted by Crippen LogP contribution is -2.35. The van der Waals surface area contributed by atoms with E-state index in [0.717, 1.165) is 28.1 Å². The number of hydrogen-bond acceptors (Lipinski definition) is 5. The smallest absolute Gasteiger partial charge is 0.276 e. The fourth-order valence-electron chi connectivity index (χ4n) is 3.69. The van der Waals surface area contributed by atoms with Crippen LogP contribution in [0.4, 0.5) is 0 Å². The Labute approximate surface area is 167 Å². The number of benzene rings is 2. The number of nitrogens with zero attached hydrogens (tertiary/aromatic N) is 3. The van der Waals surface area contributed by atoms with Crippen molar-refractivity contribution < 1.29 is 13.8 Å². The van der Waals surface area contributed by atoms with E-state index in [-0.39, 0.29) is 5.91 Å². The van der Waals surface area contributed by atoms with Gasteiger partial charge in [0, 0.05) is 30.2 Å². The Morgan fingerprint density at radius 3 is 2.38 bits per heavy atom. The normalized spacial score (nSPS) is 13.3. The highest BCUT2D eigenvalue weighted by Crippen LogP contribution is 2.32. The van der Waals surface area contributed by atoms with Crippen molar-refractivity contribution in [3.05, 3.63) is 83.4 Å². The number of rotatable bonds is 3. The van der Waals surface area contributed by atoms with Crippen LogP contribution >= 0.6 is 0 Å². The largest absolute Gasteiger partial charge is 0.361 e. The second-order valence-electron chi connectivity index (χ2n) is 7.18. The summed E-state index contributed by atoms with van der Waals surface area (Å²) in [7, 11) is 0. The summed E-state index contributed by atoms with van der Waals surface area (Å²) >= 11 is 0. The molecule has 0 unspecified atom stereocenters. The van der Waals surface area contributed by atoms with Gasteiger partial charge < -0.3 is 13.9 Å². The van der Waals surface area contributed by atoms with Gasteiger partial charge in [-0.2, -0.15) is 0 Å². The summed E-state index contributed by atoms with van der Waals surface area (Å²) in [6.07, 6.45) is 0.632. The van der Waals surface area contributed by atoms with Crippen LogP contribution in [0.1, 0.15) is 27.6 Å². The van der Waals surface area contributed by atoms with Gasteiger partial charge in [0.1, 0.15) is 17.2 Å². The van der Waals surface area contributed by atoms with Crippen LogP contribution in [0.15, 0.2) is 69.7 Å². The van der Waals surface area contributed by atoms with Crippen molar-refractivity contribution in [1.29, 1.82) is 0 Å². The van der Waals surface area contributed by atoms with Crippen LogP contribution in [-0.2, 0) is 13.0 Å². The molecule has 1 amide bonds. The molecule has 2 aromatic carbocycles. The molecule has 4 aromatic rings. The lowest BCUT2D eigenvalue weighted by Gasteiger charge is -2.25. The molecule has 0 aliphatic carbocycles. The molecule has 2 aromatic heterocycles. The fraction of sp³-hybridized carbons (Fsp3) is 0.174. The third-order valence-electron chi connectivity index (χ3n) is 5.23. The topological polar surface area (TPSA) is 72.4 Å². The van der Waals surface area contributed by atoms with E-state index in [1.54, 1.807) is 17.9 Å². The maximum absolute atomic E-state index is 12.7. The Morgan fingerprint density at radius 2 is 1.66 bits per heavy atom. The second kappa shape index (κ2) is 7.05. The van der Waals surface area contributed by atoms with E-state index in [1.165, 1.54) is 5.56 Å². The quantitative estimate of drug-likeness (QED) is 0.519. The molecule has 1 aliphatic rings. The molecule has 29 heavy (non-hydrogen) atoms. The van der Waals surface area contributed by atoms with Gasteiger partial charge in [0.25, 0.3) is 5.91 Å². The highest BCUT2D eigenvalue weighted by Gasteiger charge is 2.29. The first-order valence-electron chi connectivity index (χ1n) is 9.55. The Hall–Kier alpha value is -3.67. The first-order chi connectivity index (χ1) is 14.2. The van der Waals surface area contributed by atoms with Crippen LogP contribution in [0.5, 0.6) is 0 Å². The maximum atomic E-state index is 12.7. The Morgan fingerprint density at radius 1 is 0.931 bits per heavy atom. The predicted molar refractivity (Wildman–Crippen MR) is 107 cm³/mol. The van der Waals surface area contributed by atoms with E-state index >= 15 is 0 Å². The van der Waals surface area contributed by atoms with Gasteiger partial charge in [-0.1, -0.05) is 64.9 Å². The molecule has 0 saturated heterocycles. The summed E-state index contributed by atoms with van der Waals surface area (Å²) < 4.78 is 10.6. The summed E-state index contributed by atoms with van der Waals surface area (Å²) in [5.74, 6) is 1.32. The van der Waals surface area contributed by atoms with E-state index in [1.807, 2.05) is 30.3 Å². The maximum Gasteiger partial charge on any atom is 0.276 e. The van der Waals surface area contributed by atoms with Gasteiger partial charge in [-0.25, -0.2) is 0 Å². The SMILES string of the molecule is Cc1cc(C(=O)N2CCc3onc(-c4ccc(-c5ccccc5)cc4)c3C2)no1. The van der Waals surface area contributed by atoms with Gasteiger partial charge in [-0.05, 0) is 18.1 Å². The Kier molecular flexibility index (Phi) is 4.24. The zero-order chi connectivity index (χ0) is 19.8. The number of amides is 1. The third kappa shape index (κ3) is 3.23. The molecule has 0 bridgehead atoms. The first kappa shape index (κ1) is 17.4. The van der Waals surface area contributed by atoms with Crippen molar-refractivity contribution >= 4 is 5.91 Å². The number of aryl methyl sites for hydroxylation is 1. The molecule has 144 valence electrons. The van der Waals surface area contributed by atoms with Gasteiger partial charge in [-0.15, -0.1) is 0 Å². The van der Waals surface area contributed by atoms with Crippen molar-refractivity contribution in [2.45, 2.75) is 19.9 Å². The molecule has 6 heteroatoms. The minimum Gasteiger partial charge on any atom is -0.361 e. The summed E-state index contributed by atoms with van der Waals surface area (Å²) in [4.78, 5) is 14.5. The zero-order valence-electron chi connectivity index (χ0n) is 16.0. The Bertz CT molecular complexity index is 1160. The van der Waals surface area contributed by atoms with Crippen LogP contribution < -0.4 is 0 Å². The van der Waals surface area contributed by atoms with Crippen molar-refractivity contribution in [2.75, 3.05) is 6.54 Å². The molecule has 0 saturated carbocycles. The van der Waals surface area contributed by atoms with E-state index in [0.29, 0.717) is 31.0 Å². The minimum atomic E-state index is -0.140. The van der Waals surface area contributed by atoms with Crippen LogP contribution in [0.25, 0.3) is 22.4 Å². The van der Waals surface area contributed by atoms with Crippen LogP contribution in [-0.4, -0.2) is 27.7 Å². The zero-order valence-corrected chi connectivity index (χ0v) is 16.0. The average molecular weight is 385 g/mol. The molecular formula is C23H19N3O3. The van der Waals surface area contributed by atoms with Gasteiger partial charge in [-0.3, -0.25) is 4.79 Å². The molecule has 0 atom stereocenters. The van der Waals surface area contributed by atoms with E-state index in [2.05, 4.69) is 34.6 Å². The van der Waals surface area contributed by atoms with Gasteiger partial charge in [0.15, 0.2) is 5.69 Å². The van der Waals surface area contributed by atoms with Crippen molar-refractivity contribution in [2.24, 2.45) is 0 Å². The van der Waals surface area contributed by atoms with Crippen LogP contribution in [0, 0.1) is 6.92 Å². The molecule has 0 spiro atoms. The predicted octanol–water partition coefficient (Wildman–Crippen LogP) is 4.50. The van der Waals surface area contributed by atoms with Crippen molar-refractivity contribution in [1.82, 2.24) is 15.2 Å². The summed E-state index contributed by atoms with van der Waals surface area (Å²) in [5, 5.41) is 8.14. The highest BCUT2D eigenvalue weighted by molar-refractivity contribution is 5.92. The molecule has 0 radical (unpaired) electrons. The van der Waals surface area contributed by atoms with Gasteiger partial charge in [0.2, 0.25) is 0 Å². The summed E-state index contributed by atoms with van der Waals surface area (Å²) in [5.41, 5.74) is 5.36. The van der Waals surface area contributed by atoms with E-state index in [9.17, 15) is 4.79 Å². The minimum absolute atomic E-state index is 0.140. The molecule has 0 fully saturated rings. The number of hydrogen-bond donors (Lipinski definition) is 0. The standard InChI is InChI=1S/C23H19N3O3/c1-15-13-20(24-28-15)23(27)26-12-11-21-19(14-26)22(25-29-21)18-9-7-17(8-10-18)16-5-3-2-4-6-16/h2-10,13H,11-12,14H2,1H3. The number of fused-ring (bicyclic) bond motifs is 1. The molecular weight excluding hydrogens is 366 g/mol. The second-order valence-corrected chi connectivity index (χ2v) is 7.18. The average Bonchev–Trinajstić information content (AvgIpc) is 3.40. The molecule has 5 rings (SSSR count). The van der Waals surface area contributed by atoms with E-state index in [4.69, 9.17) is 9.05 Å². The Balaban J connectivity index is 1.41. The fourth-order valence-corrected chi connectivity index (χ4v) is 3.69. The van der Waals surface area contributed by atoms with E-state index < -0.39 is 0 Å². The van der Waals surface area contributed by atoms with Crippen LogP contribution in [0.2, 0.25) is 0 Å². The lowest BCUT2D eigenvalue weighted by atomic mass is 9.98. The molecule has 6 nitrogen and oxygen atoms in total. The summed E-state index contributed by atoms with van der Waals surface area (Å²) in [6.45, 7) is 2.79. The molecule has 3 heterocycles. The van der Waals surface area contributed by atoms with Crippen LogP contribution in [0.3, 0.4) is 0 Å². The monoisotopic (exact) mass is 385 g/mol. The number of carbonyl (C=O) groups excluding carboxylic acids is 1. The van der Waals surface area contributed by atoms with Crippen molar-refractivity contribution in [3.63, 3.8) is 0 Å². The summed E-state index contributed by atoms with van der Waals surface area (Å²) in [6, 6.07) is 20.1. The number of carbonyl (C=O) groups is 1. The van der Waals surface area contributed by atoms with Gasteiger partial charge in [0.05, 0.1) is 6.54 Å². The third-order valence-corrected chi connectivity index (χ3v) is 5.23. The van der Waals surface area contributed by atoms with Crippen molar-refractivity contribution in [3.8, 4) is 22.4 Å². The molecule has 0 N–H and O–H groups in total.